The molecule has 0 aliphatic rings. The Hall–Kier alpha value is -0.570. The van der Waals surface area contributed by atoms with E-state index in [1.165, 1.54) is 0 Å². The van der Waals surface area contributed by atoms with Gasteiger partial charge in [0.2, 0.25) is 0 Å². The maximum Gasteiger partial charge on any atom is 0.0453 e. The predicted molar refractivity (Wildman–Crippen MR) is 84.5 cm³/mol. The van der Waals surface area contributed by atoms with Crippen LogP contribution in [-0.2, 0) is 0 Å². The van der Waals surface area contributed by atoms with Crippen LogP contribution in [0.3, 0.4) is 0 Å². The van der Waals surface area contributed by atoms with Gasteiger partial charge in [-0.2, -0.15) is 0 Å². The first-order chi connectivity index (χ1) is 8.66. The number of hydrogen-bond acceptors (Lipinski definition) is 2. The summed E-state index contributed by atoms with van der Waals surface area (Å²) in [6.45, 7) is 11.0. The van der Waals surface area contributed by atoms with Crippen molar-refractivity contribution < 1.29 is 0 Å². The number of nitrogens with zero attached hydrogens (tertiary/aromatic N) is 1. The Balaban J connectivity index is 3.04. The minimum atomic E-state index is 0.106. The van der Waals surface area contributed by atoms with E-state index in [4.69, 9.17) is 17.3 Å². The molecule has 108 valence electrons. The van der Waals surface area contributed by atoms with E-state index in [0.717, 1.165) is 10.6 Å². The highest BCUT2D eigenvalue weighted by molar-refractivity contribution is 6.31. The molecule has 0 saturated heterocycles. The SMILES string of the molecule is CC(N)C(N(C)C(C)c1ccccc1Cl)C(C)(C)C. The van der Waals surface area contributed by atoms with E-state index in [-0.39, 0.29) is 17.5 Å². The van der Waals surface area contributed by atoms with Crippen LogP contribution in [0.15, 0.2) is 24.3 Å². The molecule has 3 heteroatoms. The molecule has 1 aromatic carbocycles. The Labute approximate surface area is 122 Å². The van der Waals surface area contributed by atoms with Crippen molar-refractivity contribution in [1.29, 1.82) is 0 Å². The molecule has 19 heavy (non-hydrogen) atoms. The molecular formula is C16H27ClN2. The second-order valence-corrected chi connectivity index (χ2v) is 6.94. The lowest BCUT2D eigenvalue weighted by Gasteiger charge is -2.43. The molecule has 0 aliphatic carbocycles. The second-order valence-electron chi connectivity index (χ2n) is 6.53. The number of benzene rings is 1. The van der Waals surface area contributed by atoms with E-state index in [9.17, 15) is 0 Å². The van der Waals surface area contributed by atoms with E-state index in [0.29, 0.717) is 6.04 Å². The molecule has 3 unspecified atom stereocenters. The monoisotopic (exact) mass is 282 g/mol. The number of likely N-dealkylation sites (N-methyl/N-ethyl adjacent to an activating group) is 1. The smallest absolute Gasteiger partial charge is 0.0453 e. The number of nitrogens with two attached hydrogens (primary N) is 1. The van der Waals surface area contributed by atoms with Gasteiger partial charge in [-0.05, 0) is 37.9 Å². The normalized spacial score (nSPS) is 17.3. The van der Waals surface area contributed by atoms with Crippen molar-refractivity contribution in [3.8, 4) is 0 Å². The average molecular weight is 283 g/mol. The fourth-order valence-electron chi connectivity index (χ4n) is 3.04. The summed E-state index contributed by atoms with van der Waals surface area (Å²) < 4.78 is 0. The molecular weight excluding hydrogens is 256 g/mol. The first-order valence-electron chi connectivity index (χ1n) is 6.88. The summed E-state index contributed by atoms with van der Waals surface area (Å²) in [6.07, 6.45) is 0. The van der Waals surface area contributed by atoms with Crippen molar-refractivity contribution >= 4 is 11.6 Å². The summed E-state index contributed by atoms with van der Waals surface area (Å²) in [6, 6.07) is 8.66. The van der Waals surface area contributed by atoms with Crippen LogP contribution in [0.1, 0.15) is 46.2 Å². The van der Waals surface area contributed by atoms with Gasteiger partial charge in [-0.1, -0.05) is 50.6 Å². The number of halogens is 1. The van der Waals surface area contributed by atoms with E-state index in [1.54, 1.807) is 0 Å². The van der Waals surface area contributed by atoms with Gasteiger partial charge >= 0.3 is 0 Å². The third-order valence-electron chi connectivity index (χ3n) is 3.79. The van der Waals surface area contributed by atoms with Crippen LogP contribution in [0.25, 0.3) is 0 Å². The lowest BCUT2D eigenvalue weighted by Crippen LogP contribution is -2.52. The molecule has 0 radical (unpaired) electrons. The van der Waals surface area contributed by atoms with Crippen molar-refractivity contribution in [2.24, 2.45) is 11.1 Å². The highest BCUT2D eigenvalue weighted by Crippen LogP contribution is 2.33. The fraction of sp³-hybridized carbons (Fsp3) is 0.625. The maximum atomic E-state index is 6.30. The first kappa shape index (κ1) is 16.5. The molecule has 0 spiro atoms. The lowest BCUT2D eigenvalue weighted by molar-refractivity contribution is 0.0744. The Morgan fingerprint density at radius 1 is 1.16 bits per heavy atom. The Morgan fingerprint density at radius 2 is 1.68 bits per heavy atom. The summed E-state index contributed by atoms with van der Waals surface area (Å²) in [5.74, 6) is 0. The molecule has 1 aromatic rings. The van der Waals surface area contributed by atoms with Gasteiger partial charge in [-0.15, -0.1) is 0 Å². The third-order valence-corrected chi connectivity index (χ3v) is 4.13. The minimum Gasteiger partial charge on any atom is -0.327 e. The molecule has 0 amide bonds. The minimum absolute atomic E-state index is 0.106. The van der Waals surface area contributed by atoms with Crippen molar-refractivity contribution in [2.45, 2.75) is 52.7 Å². The van der Waals surface area contributed by atoms with Crippen molar-refractivity contribution in [1.82, 2.24) is 4.90 Å². The summed E-state index contributed by atoms with van der Waals surface area (Å²) in [7, 11) is 2.13. The number of hydrogen-bond donors (Lipinski definition) is 1. The molecule has 2 N–H and O–H groups in total. The van der Waals surface area contributed by atoms with Gasteiger partial charge < -0.3 is 5.73 Å². The van der Waals surface area contributed by atoms with Crippen LogP contribution < -0.4 is 5.73 Å². The molecule has 0 fully saturated rings. The van der Waals surface area contributed by atoms with Crippen LogP contribution in [0.4, 0.5) is 0 Å². The standard InChI is InChI=1S/C16H27ClN2/c1-11(18)15(16(3,4)5)19(6)12(2)13-9-7-8-10-14(13)17/h7-12,15H,18H2,1-6H3. The van der Waals surface area contributed by atoms with E-state index in [2.05, 4.69) is 52.6 Å². The summed E-state index contributed by atoms with van der Waals surface area (Å²) in [5, 5.41) is 0.819. The van der Waals surface area contributed by atoms with Gasteiger partial charge in [0.15, 0.2) is 0 Å². The zero-order valence-corrected chi connectivity index (χ0v) is 13.7. The van der Waals surface area contributed by atoms with Crippen LogP contribution in [0, 0.1) is 5.41 Å². The molecule has 0 bridgehead atoms. The van der Waals surface area contributed by atoms with E-state index < -0.39 is 0 Å². The Kier molecular flexibility index (Phi) is 5.43. The van der Waals surface area contributed by atoms with Crippen LogP contribution in [0.5, 0.6) is 0 Å². The highest BCUT2D eigenvalue weighted by Gasteiger charge is 2.34. The van der Waals surface area contributed by atoms with E-state index >= 15 is 0 Å². The summed E-state index contributed by atoms with van der Waals surface area (Å²) in [5.41, 5.74) is 7.48. The number of rotatable bonds is 4. The predicted octanol–water partition coefficient (Wildman–Crippen LogP) is 4.09. The molecule has 0 saturated carbocycles. The quantitative estimate of drug-likeness (QED) is 0.901. The molecule has 3 atom stereocenters. The summed E-state index contributed by atoms with van der Waals surface area (Å²) in [4.78, 5) is 2.34. The van der Waals surface area contributed by atoms with Gasteiger partial charge in [0.1, 0.15) is 0 Å². The zero-order valence-electron chi connectivity index (χ0n) is 12.9. The maximum absolute atomic E-state index is 6.30. The van der Waals surface area contributed by atoms with Crippen LogP contribution >= 0.6 is 11.6 Å². The third kappa shape index (κ3) is 3.95. The van der Waals surface area contributed by atoms with Gasteiger partial charge in [0.25, 0.3) is 0 Å². The van der Waals surface area contributed by atoms with Crippen molar-refractivity contribution in [3.63, 3.8) is 0 Å². The average Bonchev–Trinajstić information content (AvgIpc) is 2.26. The Bertz CT molecular complexity index is 409. The largest absolute Gasteiger partial charge is 0.327 e. The highest BCUT2D eigenvalue weighted by atomic mass is 35.5. The van der Waals surface area contributed by atoms with Gasteiger partial charge in [0, 0.05) is 23.1 Å². The first-order valence-corrected chi connectivity index (χ1v) is 7.26. The van der Waals surface area contributed by atoms with E-state index in [1.807, 2.05) is 18.2 Å². The molecule has 0 aliphatic heterocycles. The van der Waals surface area contributed by atoms with Crippen LogP contribution in [0.2, 0.25) is 5.02 Å². The van der Waals surface area contributed by atoms with Crippen LogP contribution in [-0.4, -0.2) is 24.0 Å². The topological polar surface area (TPSA) is 29.3 Å². The fourth-order valence-corrected chi connectivity index (χ4v) is 3.34. The molecule has 0 heterocycles. The van der Waals surface area contributed by atoms with Gasteiger partial charge in [0.05, 0.1) is 0 Å². The van der Waals surface area contributed by atoms with Crippen molar-refractivity contribution in [3.05, 3.63) is 34.9 Å². The zero-order chi connectivity index (χ0) is 14.8. The summed E-state index contributed by atoms with van der Waals surface area (Å²) >= 11 is 6.30. The lowest BCUT2D eigenvalue weighted by atomic mass is 9.81. The molecule has 2 nitrogen and oxygen atoms in total. The van der Waals surface area contributed by atoms with Gasteiger partial charge in [-0.25, -0.2) is 0 Å². The second kappa shape index (κ2) is 6.25. The van der Waals surface area contributed by atoms with Crippen molar-refractivity contribution in [2.75, 3.05) is 7.05 Å². The molecule has 1 rings (SSSR count). The molecule has 0 aromatic heterocycles. The Morgan fingerprint density at radius 3 is 2.11 bits per heavy atom. The van der Waals surface area contributed by atoms with Gasteiger partial charge in [-0.3, -0.25) is 4.90 Å².